The fourth-order valence-corrected chi connectivity index (χ4v) is 5.22. The molecular formula is C9H16N3NaO14P3. The molecule has 0 aliphatic carbocycles. The summed E-state index contributed by atoms with van der Waals surface area (Å²) in [4.78, 5) is 50.5. The van der Waals surface area contributed by atoms with Crippen LogP contribution in [0.25, 0.3) is 0 Å². The minimum Gasteiger partial charge on any atom is -0.387 e. The van der Waals surface area contributed by atoms with E-state index in [2.05, 4.69) is 18.1 Å². The Morgan fingerprint density at radius 1 is 1.10 bits per heavy atom. The maximum Gasteiger partial charge on any atom is 0.490 e. The number of ether oxygens (including phenoxy) is 1. The molecule has 0 bridgehead atoms. The van der Waals surface area contributed by atoms with Crippen molar-refractivity contribution in [2.24, 2.45) is 0 Å². The van der Waals surface area contributed by atoms with Crippen LogP contribution in [-0.2, 0) is 31.6 Å². The van der Waals surface area contributed by atoms with Crippen LogP contribution in [0.3, 0.4) is 0 Å². The van der Waals surface area contributed by atoms with Crippen LogP contribution >= 0.6 is 23.5 Å². The van der Waals surface area contributed by atoms with E-state index in [1.807, 2.05) is 0 Å². The van der Waals surface area contributed by atoms with Crippen LogP contribution in [-0.4, -0.2) is 93.8 Å². The maximum absolute atomic E-state index is 11.8. The Morgan fingerprint density at radius 2 is 1.70 bits per heavy atom. The molecule has 8 N–H and O–H groups in total. The van der Waals surface area contributed by atoms with Gasteiger partial charge in [-0.3, -0.25) is 9.09 Å². The van der Waals surface area contributed by atoms with Gasteiger partial charge in [-0.25, -0.2) is 18.5 Å². The molecule has 2 heterocycles. The summed E-state index contributed by atoms with van der Waals surface area (Å²) in [6, 6.07) is 1.20. The molecule has 1 fully saturated rings. The van der Waals surface area contributed by atoms with Gasteiger partial charge in [0, 0.05) is 35.8 Å². The molecule has 1 aromatic heterocycles. The number of phosphoric ester groups is 1. The second-order valence-corrected chi connectivity index (χ2v) is 9.90. The monoisotopic (exact) mass is 506 g/mol. The number of aliphatic hydroxyl groups excluding tert-OH is 2. The molecule has 2 rings (SSSR count). The van der Waals surface area contributed by atoms with Gasteiger partial charge in [-0.2, -0.15) is 13.6 Å². The zero-order valence-electron chi connectivity index (χ0n) is 14.9. The number of rotatable bonds is 8. The fraction of sp³-hybridized carbons (Fsp3) is 0.556. The number of aromatic nitrogens is 2. The van der Waals surface area contributed by atoms with Crippen molar-refractivity contribution < 1.29 is 61.4 Å². The molecule has 6 atom stereocenters. The molecule has 0 spiro atoms. The number of hydrogen-bond donors (Lipinski definition) is 7. The summed E-state index contributed by atoms with van der Waals surface area (Å²) in [5, 5.41) is 20.0. The third-order valence-electron chi connectivity index (χ3n) is 3.28. The fourth-order valence-electron chi connectivity index (χ4n) is 2.19. The summed E-state index contributed by atoms with van der Waals surface area (Å²) in [5.74, 6) is -0.122. The average Bonchev–Trinajstić information content (AvgIpc) is 2.78. The largest absolute Gasteiger partial charge is 0.490 e. The Morgan fingerprint density at radius 3 is 2.23 bits per heavy atom. The van der Waals surface area contributed by atoms with Crippen molar-refractivity contribution in [3.8, 4) is 0 Å². The number of phosphoric acid groups is 3. The zero-order valence-corrected chi connectivity index (χ0v) is 19.6. The first kappa shape index (κ1) is 28.0. The molecule has 21 heteroatoms. The van der Waals surface area contributed by atoms with E-state index in [4.69, 9.17) is 25.2 Å². The third-order valence-corrected chi connectivity index (χ3v) is 7.08. The summed E-state index contributed by atoms with van der Waals surface area (Å²) in [7, 11) is -16.7. The quantitative estimate of drug-likeness (QED) is 0.141. The molecular weight excluding hydrogens is 490 g/mol. The topological polar surface area (TPSA) is 270 Å². The van der Waals surface area contributed by atoms with E-state index < -0.39 is 60.3 Å². The summed E-state index contributed by atoms with van der Waals surface area (Å²) in [6.07, 6.45) is -5.38. The van der Waals surface area contributed by atoms with Gasteiger partial charge in [0.25, 0.3) is 0 Å². The van der Waals surface area contributed by atoms with Crippen LogP contribution in [0.4, 0.5) is 5.82 Å². The normalized spacial score (nSPS) is 28.3. The van der Waals surface area contributed by atoms with Gasteiger partial charge >= 0.3 is 29.2 Å². The second kappa shape index (κ2) is 10.3. The van der Waals surface area contributed by atoms with Crippen molar-refractivity contribution in [3.63, 3.8) is 0 Å². The SMILES string of the molecule is Nc1ccn(C2OC(COP(=O)(O)OP(=O)(O)OP(=O)(O)O)C(O)C2O)c(=O)n1.[Na]. The molecule has 17 nitrogen and oxygen atoms in total. The van der Waals surface area contributed by atoms with Crippen LogP contribution in [0.5, 0.6) is 0 Å². The molecule has 0 saturated carbocycles. The van der Waals surface area contributed by atoms with Crippen LogP contribution in [0.15, 0.2) is 17.1 Å². The number of nitrogens with two attached hydrogens (primary N) is 1. The Kier molecular flexibility index (Phi) is 9.59. The van der Waals surface area contributed by atoms with Crippen molar-refractivity contribution in [2.45, 2.75) is 24.5 Å². The predicted molar refractivity (Wildman–Crippen MR) is 94.4 cm³/mol. The summed E-state index contributed by atoms with van der Waals surface area (Å²) in [5.41, 5.74) is 4.39. The van der Waals surface area contributed by atoms with Crippen molar-refractivity contribution in [3.05, 3.63) is 22.7 Å². The first-order valence-corrected chi connectivity index (χ1v) is 11.8. The minimum absolute atomic E-state index is 0. The van der Waals surface area contributed by atoms with Gasteiger partial charge in [-0.1, -0.05) is 0 Å². The maximum atomic E-state index is 11.8. The van der Waals surface area contributed by atoms with Gasteiger partial charge in [0.15, 0.2) is 6.23 Å². The molecule has 1 aliphatic rings. The smallest absolute Gasteiger partial charge is 0.387 e. The summed E-state index contributed by atoms with van der Waals surface area (Å²) >= 11 is 0. The van der Waals surface area contributed by atoms with Gasteiger partial charge in [0.2, 0.25) is 0 Å². The van der Waals surface area contributed by atoms with E-state index in [1.165, 1.54) is 6.07 Å². The van der Waals surface area contributed by atoms with E-state index in [0.717, 1.165) is 10.8 Å². The molecule has 1 saturated heterocycles. The van der Waals surface area contributed by atoms with E-state index in [9.17, 15) is 33.6 Å². The Labute approximate surface area is 189 Å². The number of hydrogen-bond acceptors (Lipinski definition) is 12. The zero-order chi connectivity index (χ0) is 22.2. The third kappa shape index (κ3) is 7.83. The Bertz CT molecular complexity index is 952. The number of aliphatic hydroxyl groups is 2. The van der Waals surface area contributed by atoms with Crippen LogP contribution in [0.2, 0.25) is 0 Å². The Balaban J connectivity index is 0.00000450. The number of nitrogens with zero attached hydrogens (tertiary/aromatic N) is 2. The molecule has 167 valence electrons. The van der Waals surface area contributed by atoms with Crippen molar-refractivity contribution in [1.82, 2.24) is 9.55 Å². The van der Waals surface area contributed by atoms with Gasteiger partial charge in [0.05, 0.1) is 6.61 Å². The first-order chi connectivity index (χ1) is 13.1. The van der Waals surface area contributed by atoms with Crippen LogP contribution < -0.4 is 11.4 Å². The average molecular weight is 506 g/mol. The van der Waals surface area contributed by atoms with E-state index in [-0.39, 0.29) is 35.4 Å². The molecule has 1 aromatic rings. The van der Waals surface area contributed by atoms with Gasteiger partial charge in [-0.15, -0.1) is 0 Å². The van der Waals surface area contributed by atoms with Gasteiger partial charge in [0.1, 0.15) is 24.1 Å². The van der Waals surface area contributed by atoms with E-state index >= 15 is 0 Å². The van der Waals surface area contributed by atoms with Gasteiger partial charge < -0.3 is 40.3 Å². The molecule has 0 aromatic carbocycles. The molecule has 0 amide bonds. The van der Waals surface area contributed by atoms with Crippen molar-refractivity contribution in [1.29, 1.82) is 0 Å². The van der Waals surface area contributed by atoms with Crippen molar-refractivity contribution >= 4 is 58.8 Å². The minimum atomic E-state index is -5.71. The molecule has 30 heavy (non-hydrogen) atoms. The van der Waals surface area contributed by atoms with E-state index in [1.54, 1.807) is 0 Å². The van der Waals surface area contributed by atoms with Crippen molar-refractivity contribution in [2.75, 3.05) is 12.3 Å². The standard InChI is InChI=1S/C9H16N3O14P3.Na/c10-5-1-2-12(9(15)11-5)8-7(14)6(13)4(24-8)3-23-28(19,20)26-29(21,22)25-27(16,17)18;/h1-2,4,6-8,13-14H,3H2,(H,19,20)(H,21,22)(H2,10,11,15)(H2,16,17,18);. The van der Waals surface area contributed by atoms with Gasteiger partial charge in [-0.05, 0) is 6.07 Å². The summed E-state index contributed by atoms with van der Waals surface area (Å²) in [6.45, 7) is -1.02. The van der Waals surface area contributed by atoms with Crippen LogP contribution in [0.1, 0.15) is 6.23 Å². The first-order valence-electron chi connectivity index (χ1n) is 7.25. The molecule has 6 unspecified atom stereocenters. The molecule has 1 radical (unpaired) electrons. The molecule has 1 aliphatic heterocycles. The number of nitrogen functional groups attached to an aromatic ring is 1. The number of anilines is 1. The summed E-state index contributed by atoms with van der Waals surface area (Å²) < 4.78 is 50.8. The predicted octanol–water partition coefficient (Wildman–Crippen LogP) is -2.59. The van der Waals surface area contributed by atoms with Crippen LogP contribution in [0, 0.1) is 0 Å². The second-order valence-electron chi connectivity index (χ2n) is 5.48. The Hall–Kier alpha value is -0.0300. The van der Waals surface area contributed by atoms with E-state index in [0.29, 0.717) is 0 Å².